The first-order valence-corrected chi connectivity index (χ1v) is 11.4. The van der Waals surface area contributed by atoms with Crippen molar-refractivity contribution in [1.82, 2.24) is 10.6 Å². The first kappa shape index (κ1) is 25.2. The monoisotopic (exact) mass is 442 g/mol. The van der Waals surface area contributed by atoms with Gasteiger partial charge in [0.2, 0.25) is 11.8 Å². The number of benzene rings is 1. The van der Waals surface area contributed by atoms with Gasteiger partial charge in [-0.1, -0.05) is 56.0 Å². The van der Waals surface area contributed by atoms with E-state index in [0.29, 0.717) is 44.4 Å². The Labute approximate surface area is 189 Å². The molecule has 8 nitrogen and oxygen atoms in total. The Bertz CT molecular complexity index is 779. The third-order valence-corrected chi connectivity index (χ3v) is 5.38. The predicted octanol–water partition coefficient (Wildman–Crippen LogP) is 4.51. The second kappa shape index (κ2) is 14.9. The van der Waals surface area contributed by atoms with Crippen LogP contribution in [0.1, 0.15) is 76.2 Å². The summed E-state index contributed by atoms with van der Waals surface area (Å²) in [4.78, 5) is 35.1. The second-order valence-electron chi connectivity index (χ2n) is 8.04. The average molecular weight is 443 g/mol. The number of hydrogen-bond donors (Lipinski definition) is 3. The van der Waals surface area contributed by atoms with Gasteiger partial charge in [-0.15, -0.1) is 0 Å². The number of nitrogens with zero attached hydrogens (tertiary/aromatic N) is 1. The van der Waals surface area contributed by atoms with Crippen molar-refractivity contribution in [3.8, 4) is 0 Å². The van der Waals surface area contributed by atoms with Crippen LogP contribution >= 0.6 is 0 Å². The summed E-state index contributed by atoms with van der Waals surface area (Å²) in [5.41, 5.74) is 8.91. The molecule has 1 fully saturated rings. The van der Waals surface area contributed by atoms with Crippen LogP contribution in [-0.4, -0.2) is 23.8 Å². The van der Waals surface area contributed by atoms with Crippen LogP contribution in [0.4, 0.5) is 0 Å². The van der Waals surface area contributed by atoms with E-state index >= 15 is 0 Å². The van der Waals surface area contributed by atoms with E-state index in [0.717, 1.165) is 44.1 Å². The van der Waals surface area contributed by atoms with Gasteiger partial charge in [-0.3, -0.25) is 19.7 Å². The second-order valence-corrected chi connectivity index (χ2v) is 8.04. The first-order valence-electron chi connectivity index (χ1n) is 11.4. The first-order chi connectivity index (χ1) is 15.6. The molecular formula is C24H34N4O4. The molecule has 0 radical (unpaired) electrons. The number of unbranched alkanes of at least 4 members (excludes halogenated alkanes) is 5. The SMILES string of the molecule is N=N/C(=C\NC1CCCC(=O)NC1=O)CCCCCCCCC(=O)OCc1ccccc1. The van der Waals surface area contributed by atoms with E-state index in [-0.39, 0.29) is 17.8 Å². The molecule has 1 unspecified atom stereocenters. The molecule has 174 valence electrons. The zero-order valence-electron chi connectivity index (χ0n) is 18.6. The van der Waals surface area contributed by atoms with Gasteiger partial charge in [0, 0.05) is 19.0 Å². The number of rotatable bonds is 14. The number of nitrogens with one attached hydrogen (secondary N) is 3. The van der Waals surface area contributed by atoms with Crippen molar-refractivity contribution in [1.29, 1.82) is 5.53 Å². The lowest BCUT2D eigenvalue weighted by Crippen LogP contribution is -2.42. The summed E-state index contributed by atoms with van der Waals surface area (Å²) in [7, 11) is 0. The Hall–Kier alpha value is -3.03. The van der Waals surface area contributed by atoms with Gasteiger partial charge < -0.3 is 10.1 Å². The molecule has 0 spiro atoms. The van der Waals surface area contributed by atoms with Gasteiger partial charge in [0.15, 0.2) is 0 Å². The summed E-state index contributed by atoms with van der Waals surface area (Å²) in [5, 5.41) is 8.90. The molecule has 1 heterocycles. The van der Waals surface area contributed by atoms with Gasteiger partial charge in [0.05, 0.1) is 5.70 Å². The lowest BCUT2D eigenvalue weighted by Gasteiger charge is -2.13. The lowest BCUT2D eigenvalue weighted by molar-refractivity contribution is -0.145. The average Bonchev–Trinajstić information content (AvgIpc) is 2.96. The number of carbonyl (C=O) groups excluding carboxylic acids is 3. The number of hydrogen-bond acceptors (Lipinski definition) is 7. The van der Waals surface area contributed by atoms with Crippen LogP contribution in [0.2, 0.25) is 0 Å². The molecule has 2 rings (SSSR count). The summed E-state index contributed by atoms with van der Waals surface area (Å²) in [5.74, 6) is -0.713. The van der Waals surface area contributed by atoms with E-state index in [4.69, 9.17) is 10.3 Å². The normalized spacial score (nSPS) is 16.8. The molecule has 0 aromatic heterocycles. The summed E-state index contributed by atoms with van der Waals surface area (Å²) < 4.78 is 5.28. The van der Waals surface area contributed by atoms with E-state index in [1.54, 1.807) is 6.20 Å². The third-order valence-electron chi connectivity index (χ3n) is 5.38. The highest BCUT2D eigenvalue weighted by Crippen LogP contribution is 2.14. The van der Waals surface area contributed by atoms with Crippen LogP contribution in [0, 0.1) is 5.53 Å². The minimum atomic E-state index is -0.461. The molecule has 2 amide bonds. The number of amides is 2. The van der Waals surface area contributed by atoms with Crippen LogP contribution < -0.4 is 10.6 Å². The van der Waals surface area contributed by atoms with E-state index in [1.165, 1.54) is 0 Å². The zero-order chi connectivity index (χ0) is 23.0. The summed E-state index contributed by atoms with van der Waals surface area (Å²) in [6.45, 7) is 0.328. The van der Waals surface area contributed by atoms with E-state index < -0.39 is 6.04 Å². The Morgan fingerprint density at radius 2 is 1.78 bits per heavy atom. The summed E-state index contributed by atoms with van der Waals surface area (Å²) >= 11 is 0. The smallest absolute Gasteiger partial charge is 0.306 e. The fraction of sp³-hybridized carbons (Fsp3) is 0.542. The largest absolute Gasteiger partial charge is 0.461 e. The molecule has 1 aromatic carbocycles. The fourth-order valence-electron chi connectivity index (χ4n) is 3.49. The summed E-state index contributed by atoms with van der Waals surface area (Å²) in [6.07, 6.45) is 10.2. The fourth-order valence-corrected chi connectivity index (χ4v) is 3.49. The molecule has 0 saturated carbocycles. The van der Waals surface area contributed by atoms with Crippen LogP contribution in [0.15, 0.2) is 47.3 Å². The number of carbonyl (C=O) groups is 3. The van der Waals surface area contributed by atoms with Gasteiger partial charge in [-0.25, -0.2) is 5.53 Å². The van der Waals surface area contributed by atoms with Crippen molar-refractivity contribution in [3.63, 3.8) is 0 Å². The van der Waals surface area contributed by atoms with Crippen molar-refractivity contribution in [2.75, 3.05) is 0 Å². The minimum Gasteiger partial charge on any atom is -0.461 e. The molecule has 3 N–H and O–H groups in total. The maximum atomic E-state index is 11.9. The molecule has 8 heteroatoms. The maximum Gasteiger partial charge on any atom is 0.306 e. The number of imide groups is 1. The van der Waals surface area contributed by atoms with Crippen molar-refractivity contribution in [2.24, 2.45) is 5.11 Å². The molecule has 0 aliphatic carbocycles. The van der Waals surface area contributed by atoms with Gasteiger partial charge in [0.1, 0.15) is 12.6 Å². The third kappa shape index (κ3) is 10.3. The van der Waals surface area contributed by atoms with E-state index in [2.05, 4.69) is 15.7 Å². The Balaban J connectivity index is 1.50. The van der Waals surface area contributed by atoms with Crippen LogP contribution in [-0.2, 0) is 25.7 Å². The topological polar surface area (TPSA) is 121 Å². The highest BCUT2D eigenvalue weighted by Gasteiger charge is 2.23. The molecule has 1 aliphatic rings. The predicted molar refractivity (Wildman–Crippen MR) is 120 cm³/mol. The maximum absolute atomic E-state index is 11.9. The molecule has 1 aromatic rings. The molecule has 1 atom stereocenters. The summed E-state index contributed by atoms with van der Waals surface area (Å²) in [6, 6.07) is 9.20. The Morgan fingerprint density at radius 1 is 1.09 bits per heavy atom. The van der Waals surface area contributed by atoms with Gasteiger partial charge >= 0.3 is 5.97 Å². The van der Waals surface area contributed by atoms with Gasteiger partial charge in [-0.05, 0) is 37.7 Å². The zero-order valence-corrected chi connectivity index (χ0v) is 18.6. The highest BCUT2D eigenvalue weighted by molar-refractivity contribution is 5.98. The van der Waals surface area contributed by atoms with Crippen LogP contribution in [0.25, 0.3) is 0 Å². The van der Waals surface area contributed by atoms with Crippen molar-refractivity contribution in [3.05, 3.63) is 47.8 Å². The molecule has 1 saturated heterocycles. The Kier molecular flexibility index (Phi) is 11.7. The van der Waals surface area contributed by atoms with E-state index in [9.17, 15) is 14.4 Å². The highest BCUT2D eigenvalue weighted by atomic mass is 16.5. The van der Waals surface area contributed by atoms with Crippen molar-refractivity contribution >= 4 is 17.8 Å². The number of esters is 1. The lowest BCUT2D eigenvalue weighted by atomic mass is 10.1. The van der Waals surface area contributed by atoms with Gasteiger partial charge in [-0.2, -0.15) is 5.11 Å². The number of ether oxygens (including phenoxy) is 1. The molecule has 1 aliphatic heterocycles. The quantitative estimate of drug-likeness (QED) is 0.169. The van der Waals surface area contributed by atoms with Crippen molar-refractivity contribution < 1.29 is 19.1 Å². The van der Waals surface area contributed by atoms with E-state index in [1.807, 2.05) is 30.3 Å². The minimum absolute atomic E-state index is 0.153. The standard InChI is InChI=1S/C24H34N4O4/c25-28-20(17-26-21-14-10-15-22(29)27-24(21)31)13-8-3-1-2-4-9-16-23(30)32-18-19-11-6-5-7-12-19/h5-7,11-12,17,21,25-26H,1-4,8-10,13-16,18H2,(H,27,29,31)/b20-17-,28-25?. The molecule has 0 bridgehead atoms. The Morgan fingerprint density at radius 3 is 2.50 bits per heavy atom. The number of allylic oxidation sites excluding steroid dienone is 1. The van der Waals surface area contributed by atoms with Crippen molar-refractivity contribution in [2.45, 2.75) is 83.3 Å². The molecular weight excluding hydrogens is 408 g/mol. The van der Waals surface area contributed by atoms with Crippen LogP contribution in [0.5, 0.6) is 0 Å². The van der Waals surface area contributed by atoms with Crippen LogP contribution in [0.3, 0.4) is 0 Å². The molecule has 32 heavy (non-hydrogen) atoms. The van der Waals surface area contributed by atoms with Gasteiger partial charge in [0.25, 0.3) is 0 Å².